The Labute approximate surface area is 70.1 Å². The number of nitrogen functional groups attached to an aromatic ring is 1. The van der Waals surface area contributed by atoms with Gasteiger partial charge >= 0.3 is 0 Å². The highest BCUT2D eigenvalue weighted by Crippen LogP contribution is 2.57. The van der Waals surface area contributed by atoms with Gasteiger partial charge in [-0.1, -0.05) is 0 Å². The monoisotopic (exact) mass is 165 g/mol. The van der Waals surface area contributed by atoms with Crippen LogP contribution in [-0.4, -0.2) is 23.4 Å². The summed E-state index contributed by atoms with van der Waals surface area (Å²) in [5.41, 5.74) is 6.95. The van der Waals surface area contributed by atoms with Crippen LogP contribution in [-0.2, 0) is 10.2 Å². The third-order valence-corrected chi connectivity index (χ3v) is 3.04. The Bertz CT molecular complexity index is 322. The normalized spacial score (nSPS) is 38.2. The van der Waals surface area contributed by atoms with E-state index in [1.165, 1.54) is 6.42 Å². The standard InChI is InChI=1S/C8H11N3O/c9-7-1-6(10-11-7)8-2-5(8)3-12-4-8/h1,5H,2-4H2,(H3,9,10,11). The number of hydrogen-bond donors (Lipinski definition) is 2. The van der Waals surface area contributed by atoms with Gasteiger partial charge in [0.05, 0.1) is 13.2 Å². The van der Waals surface area contributed by atoms with E-state index >= 15 is 0 Å². The summed E-state index contributed by atoms with van der Waals surface area (Å²) in [5.74, 6) is 1.29. The summed E-state index contributed by atoms with van der Waals surface area (Å²) in [6.45, 7) is 1.73. The van der Waals surface area contributed by atoms with Crippen LogP contribution < -0.4 is 5.73 Å². The van der Waals surface area contributed by atoms with Crippen molar-refractivity contribution in [1.82, 2.24) is 10.2 Å². The maximum atomic E-state index is 5.54. The number of anilines is 1. The third-order valence-electron chi connectivity index (χ3n) is 3.04. The van der Waals surface area contributed by atoms with Gasteiger partial charge < -0.3 is 10.5 Å². The van der Waals surface area contributed by atoms with Crippen molar-refractivity contribution < 1.29 is 4.74 Å². The second kappa shape index (κ2) is 1.82. The van der Waals surface area contributed by atoms with E-state index in [0.717, 1.165) is 18.9 Å². The Morgan fingerprint density at radius 2 is 2.67 bits per heavy atom. The predicted molar refractivity (Wildman–Crippen MR) is 43.6 cm³/mol. The molecule has 3 N–H and O–H groups in total. The molecule has 12 heavy (non-hydrogen) atoms. The molecule has 1 saturated heterocycles. The van der Waals surface area contributed by atoms with E-state index in [-0.39, 0.29) is 5.41 Å². The molecule has 2 unspecified atom stereocenters. The van der Waals surface area contributed by atoms with Gasteiger partial charge in [0.25, 0.3) is 0 Å². The van der Waals surface area contributed by atoms with Crippen LogP contribution in [0, 0.1) is 5.92 Å². The van der Waals surface area contributed by atoms with Gasteiger partial charge in [0, 0.05) is 17.2 Å². The molecule has 1 aromatic heterocycles. The number of fused-ring (bicyclic) bond motifs is 1. The minimum atomic E-state index is 0.255. The lowest BCUT2D eigenvalue weighted by atomic mass is 10.0. The lowest BCUT2D eigenvalue weighted by Gasteiger charge is -2.06. The molecular weight excluding hydrogens is 154 g/mol. The maximum absolute atomic E-state index is 5.54. The number of nitrogens with two attached hydrogens (primary N) is 1. The average Bonchev–Trinajstić information content (AvgIpc) is 2.50. The van der Waals surface area contributed by atoms with Crippen LogP contribution in [0.2, 0.25) is 0 Å². The minimum Gasteiger partial charge on any atom is -0.382 e. The number of aromatic nitrogens is 2. The van der Waals surface area contributed by atoms with E-state index in [2.05, 4.69) is 10.2 Å². The van der Waals surface area contributed by atoms with Crippen molar-refractivity contribution in [3.05, 3.63) is 11.8 Å². The molecular formula is C8H11N3O. The summed E-state index contributed by atoms with van der Waals surface area (Å²) < 4.78 is 5.38. The summed E-state index contributed by atoms with van der Waals surface area (Å²) in [4.78, 5) is 0. The van der Waals surface area contributed by atoms with Crippen LogP contribution in [0.25, 0.3) is 0 Å². The zero-order valence-electron chi connectivity index (χ0n) is 6.71. The highest BCUT2D eigenvalue weighted by Gasteiger charge is 2.60. The molecule has 0 radical (unpaired) electrons. The van der Waals surface area contributed by atoms with Gasteiger partial charge in [0.15, 0.2) is 0 Å². The first-order valence-electron chi connectivity index (χ1n) is 4.20. The summed E-state index contributed by atoms with van der Waals surface area (Å²) in [7, 11) is 0. The molecule has 1 aliphatic heterocycles. The van der Waals surface area contributed by atoms with Crippen molar-refractivity contribution >= 4 is 5.82 Å². The molecule has 0 spiro atoms. The van der Waals surface area contributed by atoms with Crippen molar-refractivity contribution in [3.63, 3.8) is 0 Å². The van der Waals surface area contributed by atoms with E-state index in [1.807, 2.05) is 6.07 Å². The van der Waals surface area contributed by atoms with Crippen molar-refractivity contribution in [2.75, 3.05) is 18.9 Å². The first-order chi connectivity index (χ1) is 5.81. The first kappa shape index (κ1) is 6.48. The molecule has 0 bridgehead atoms. The fourth-order valence-electron chi connectivity index (χ4n) is 2.16. The van der Waals surface area contributed by atoms with Crippen molar-refractivity contribution in [2.24, 2.45) is 5.92 Å². The number of hydrogen-bond acceptors (Lipinski definition) is 3. The molecule has 2 fully saturated rings. The first-order valence-corrected chi connectivity index (χ1v) is 4.20. The highest BCUT2D eigenvalue weighted by molar-refractivity contribution is 5.38. The fourth-order valence-corrected chi connectivity index (χ4v) is 2.16. The Hall–Kier alpha value is -1.03. The third kappa shape index (κ3) is 0.634. The Morgan fingerprint density at radius 1 is 1.75 bits per heavy atom. The lowest BCUT2D eigenvalue weighted by Crippen LogP contribution is -2.11. The van der Waals surface area contributed by atoms with Crippen LogP contribution in [0.1, 0.15) is 12.1 Å². The quantitative estimate of drug-likeness (QED) is 0.628. The molecule has 3 rings (SSSR count). The zero-order chi connectivity index (χ0) is 8.18. The summed E-state index contributed by atoms with van der Waals surface area (Å²) in [6.07, 6.45) is 1.23. The number of H-pyrrole nitrogens is 1. The van der Waals surface area contributed by atoms with Gasteiger partial charge in [0.1, 0.15) is 5.82 Å². The summed E-state index contributed by atoms with van der Waals surface area (Å²) >= 11 is 0. The molecule has 1 aliphatic carbocycles. The van der Waals surface area contributed by atoms with Gasteiger partial charge in [-0.05, 0) is 12.3 Å². The lowest BCUT2D eigenvalue weighted by molar-refractivity contribution is 0.159. The smallest absolute Gasteiger partial charge is 0.145 e. The maximum Gasteiger partial charge on any atom is 0.145 e. The molecule has 2 atom stereocenters. The molecule has 2 heterocycles. The molecule has 0 amide bonds. The van der Waals surface area contributed by atoms with Crippen molar-refractivity contribution in [2.45, 2.75) is 11.8 Å². The van der Waals surface area contributed by atoms with Crippen LogP contribution in [0.15, 0.2) is 6.07 Å². The molecule has 4 heteroatoms. The number of aromatic amines is 1. The van der Waals surface area contributed by atoms with Crippen molar-refractivity contribution in [1.29, 1.82) is 0 Å². The predicted octanol–water partition coefficient (Wildman–Crippen LogP) is 0.280. The van der Waals surface area contributed by atoms with Crippen LogP contribution in [0.5, 0.6) is 0 Å². The number of nitrogens with one attached hydrogen (secondary N) is 1. The highest BCUT2D eigenvalue weighted by atomic mass is 16.5. The number of rotatable bonds is 1. The summed E-state index contributed by atoms with van der Waals surface area (Å²) in [6, 6.07) is 1.93. The molecule has 1 saturated carbocycles. The largest absolute Gasteiger partial charge is 0.382 e. The second-order valence-electron chi connectivity index (χ2n) is 3.78. The van der Waals surface area contributed by atoms with E-state index in [0.29, 0.717) is 11.7 Å². The van der Waals surface area contributed by atoms with Gasteiger partial charge in [0.2, 0.25) is 0 Å². The molecule has 2 aliphatic rings. The molecule has 0 aromatic carbocycles. The SMILES string of the molecule is Nc1cc(C23COCC2C3)[nH]n1. The fraction of sp³-hybridized carbons (Fsp3) is 0.625. The number of ether oxygens (including phenoxy) is 1. The van der Waals surface area contributed by atoms with Crippen LogP contribution >= 0.6 is 0 Å². The summed E-state index contributed by atoms with van der Waals surface area (Å²) in [5, 5.41) is 6.90. The Balaban J connectivity index is 1.99. The zero-order valence-corrected chi connectivity index (χ0v) is 6.71. The minimum absolute atomic E-state index is 0.255. The molecule has 64 valence electrons. The molecule has 4 nitrogen and oxygen atoms in total. The second-order valence-corrected chi connectivity index (χ2v) is 3.78. The van der Waals surface area contributed by atoms with Gasteiger partial charge in [-0.3, -0.25) is 5.10 Å². The Morgan fingerprint density at radius 3 is 3.17 bits per heavy atom. The molecule has 1 aromatic rings. The van der Waals surface area contributed by atoms with Crippen molar-refractivity contribution in [3.8, 4) is 0 Å². The Kier molecular flexibility index (Phi) is 0.985. The van der Waals surface area contributed by atoms with Gasteiger partial charge in [-0.25, -0.2) is 0 Å². The topological polar surface area (TPSA) is 63.9 Å². The van der Waals surface area contributed by atoms with E-state index in [9.17, 15) is 0 Å². The average molecular weight is 165 g/mol. The number of nitrogens with zero attached hydrogens (tertiary/aromatic N) is 1. The van der Waals surface area contributed by atoms with E-state index in [4.69, 9.17) is 10.5 Å². The van der Waals surface area contributed by atoms with Gasteiger partial charge in [-0.2, -0.15) is 5.10 Å². The van der Waals surface area contributed by atoms with Crippen LogP contribution in [0.3, 0.4) is 0 Å². The van der Waals surface area contributed by atoms with Crippen LogP contribution in [0.4, 0.5) is 5.82 Å². The van der Waals surface area contributed by atoms with Gasteiger partial charge in [-0.15, -0.1) is 0 Å². The van der Waals surface area contributed by atoms with E-state index in [1.54, 1.807) is 0 Å². The van der Waals surface area contributed by atoms with E-state index < -0.39 is 0 Å².